The van der Waals surface area contributed by atoms with E-state index in [-0.39, 0.29) is 11.4 Å². The number of rotatable bonds is 1. The van der Waals surface area contributed by atoms with Gasteiger partial charge in [0, 0.05) is 6.42 Å². The van der Waals surface area contributed by atoms with Crippen LogP contribution in [0.3, 0.4) is 0 Å². The molecule has 0 bridgehead atoms. The number of nitrogens with zero attached hydrogens (tertiary/aromatic N) is 3. The molecular weight excluding hydrogens is 204 g/mol. The Morgan fingerprint density at radius 2 is 1.81 bits per heavy atom. The van der Waals surface area contributed by atoms with Gasteiger partial charge in [-0.2, -0.15) is 9.97 Å². The summed E-state index contributed by atoms with van der Waals surface area (Å²) >= 11 is 0. The number of aromatic amines is 1. The second-order valence-electron chi connectivity index (χ2n) is 5.09. The molecule has 0 unspecified atom stereocenters. The molecule has 6 nitrogen and oxygen atoms in total. The van der Waals surface area contributed by atoms with E-state index in [0.717, 1.165) is 12.2 Å². The Morgan fingerprint density at radius 3 is 2.44 bits per heavy atom. The topological polar surface area (TPSA) is 106 Å². The van der Waals surface area contributed by atoms with E-state index < -0.39 is 0 Å². The van der Waals surface area contributed by atoms with Crippen LogP contribution in [0.25, 0.3) is 11.2 Å². The first-order valence-corrected chi connectivity index (χ1v) is 5.13. The second kappa shape index (κ2) is 3.33. The molecule has 2 heterocycles. The van der Waals surface area contributed by atoms with Gasteiger partial charge in [-0.25, -0.2) is 4.98 Å². The van der Waals surface area contributed by atoms with Crippen molar-refractivity contribution in [3.05, 3.63) is 5.82 Å². The second-order valence-corrected chi connectivity index (χ2v) is 5.09. The number of hydrogen-bond acceptors (Lipinski definition) is 5. The number of fused-ring (bicyclic) bond motifs is 1. The minimum absolute atomic E-state index is 0.154. The highest BCUT2D eigenvalue weighted by atomic mass is 15.1. The van der Waals surface area contributed by atoms with Crippen molar-refractivity contribution in [2.45, 2.75) is 27.2 Å². The van der Waals surface area contributed by atoms with Crippen molar-refractivity contribution in [1.29, 1.82) is 0 Å². The predicted octanol–water partition coefficient (Wildman–Crippen LogP) is 1.11. The highest BCUT2D eigenvalue weighted by Gasteiger charge is 2.16. The molecule has 0 spiro atoms. The summed E-state index contributed by atoms with van der Waals surface area (Å²) in [7, 11) is 0. The molecule has 86 valence electrons. The maximum absolute atomic E-state index is 5.72. The van der Waals surface area contributed by atoms with Crippen LogP contribution in [0.2, 0.25) is 0 Å². The summed E-state index contributed by atoms with van der Waals surface area (Å²) in [6.45, 7) is 6.43. The van der Waals surface area contributed by atoms with E-state index in [4.69, 9.17) is 11.5 Å². The molecule has 2 aromatic heterocycles. The van der Waals surface area contributed by atoms with Crippen LogP contribution in [0.5, 0.6) is 0 Å². The van der Waals surface area contributed by atoms with E-state index in [2.05, 4.69) is 40.7 Å². The van der Waals surface area contributed by atoms with E-state index in [0.29, 0.717) is 17.0 Å². The lowest BCUT2D eigenvalue weighted by atomic mass is 9.92. The molecule has 0 aromatic carbocycles. The quantitative estimate of drug-likeness (QED) is 0.667. The highest BCUT2D eigenvalue weighted by molar-refractivity contribution is 5.82. The molecule has 0 saturated carbocycles. The number of nitrogen functional groups attached to an aromatic ring is 2. The Labute approximate surface area is 93.5 Å². The SMILES string of the molecule is CC(C)(C)Cc1nc2c(N)nc(N)nc2[nH]1. The van der Waals surface area contributed by atoms with Gasteiger partial charge in [-0.1, -0.05) is 20.8 Å². The van der Waals surface area contributed by atoms with Crippen LogP contribution in [0.4, 0.5) is 11.8 Å². The number of H-pyrrole nitrogens is 1. The molecule has 5 N–H and O–H groups in total. The van der Waals surface area contributed by atoms with Crippen molar-refractivity contribution >= 4 is 22.9 Å². The Balaban J connectivity index is 2.48. The van der Waals surface area contributed by atoms with Gasteiger partial charge < -0.3 is 16.5 Å². The molecule has 2 rings (SSSR count). The molecule has 6 heteroatoms. The zero-order valence-electron chi connectivity index (χ0n) is 9.70. The summed E-state index contributed by atoms with van der Waals surface area (Å²) in [6, 6.07) is 0. The van der Waals surface area contributed by atoms with Gasteiger partial charge in [-0.05, 0) is 5.41 Å². The number of nitrogens with two attached hydrogens (primary N) is 2. The predicted molar refractivity (Wildman–Crippen MR) is 63.7 cm³/mol. The van der Waals surface area contributed by atoms with Gasteiger partial charge >= 0.3 is 0 Å². The van der Waals surface area contributed by atoms with Crippen molar-refractivity contribution in [3.63, 3.8) is 0 Å². The smallest absolute Gasteiger partial charge is 0.224 e. The van der Waals surface area contributed by atoms with Gasteiger partial charge in [0.1, 0.15) is 11.3 Å². The maximum atomic E-state index is 5.72. The van der Waals surface area contributed by atoms with Crippen molar-refractivity contribution in [2.75, 3.05) is 11.5 Å². The summed E-state index contributed by atoms with van der Waals surface area (Å²) in [5.41, 5.74) is 12.6. The van der Waals surface area contributed by atoms with Crippen LogP contribution in [-0.4, -0.2) is 19.9 Å². The zero-order valence-corrected chi connectivity index (χ0v) is 9.70. The Kier molecular flexibility index (Phi) is 2.22. The minimum Gasteiger partial charge on any atom is -0.382 e. The summed E-state index contributed by atoms with van der Waals surface area (Å²) < 4.78 is 0. The van der Waals surface area contributed by atoms with Crippen molar-refractivity contribution < 1.29 is 0 Å². The van der Waals surface area contributed by atoms with Crippen LogP contribution < -0.4 is 11.5 Å². The molecule has 0 atom stereocenters. The van der Waals surface area contributed by atoms with Crippen molar-refractivity contribution in [3.8, 4) is 0 Å². The van der Waals surface area contributed by atoms with E-state index >= 15 is 0 Å². The lowest BCUT2D eigenvalue weighted by Crippen LogP contribution is -2.10. The number of hydrogen-bond donors (Lipinski definition) is 3. The first-order valence-electron chi connectivity index (χ1n) is 5.13. The normalized spacial score (nSPS) is 12.2. The maximum Gasteiger partial charge on any atom is 0.224 e. The third-order valence-electron chi connectivity index (χ3n) is 2.14. The standard InChI is InChI=1S/C10H16N6/c1-10(2,3)4-5-13-6-7(11)15-9(12)16-8(6)14-5/h4H2,1-3H3,(H5,11,12,13,14,15,16). The minimum atomic E-state index is 0.154. The van der Waals surface area contributed by atoms with Crippen molar-refractivity contribution in [2.24, 2.45) is 5.41 Å². The number of nitrogens with one attached hydrogen (secondary N) is 1. The summed E-state index contributed by atoms with van der Waals surface area (Å²) in [5.74, 6) is 1.34. The average Bonchev–Trinajstić information content (AvgIpc) is 2.43. The van der Waals surface area contributed by atoms with Gasteiger partial charge in [0.15, 0.2) is 11.5 Å². The van der Waals surface area contributed by atoms with E-state index in [1.807, 2.05) is 0 Å². The average molecular weight is 220 g/mol. The molecule has 0 aliphatic heterocycles. The summed E-state index contributed by atoms with van der Waals surface area (Å²) in [4.78, 5) is 15.4. The van der Waals surface area contributed by atoms with E-state index in [1.54, 1.807) is 0 Å². The molecule has 0 aliphatic rings. The Morgan fingerprint density at radius 1 is 1.12 bits per heavy atom. The largest absolute Gasteiger partial charge is 0.382 e. The van der Waals surface area contributed by atoms with Crippen LogP contribution in [-0.2, 0) is 6.42 Å². The van der Waals surface area contributed by atoms with Crippen LogP contribution >= 0.6 is 0 Å². The summed E-state index contributed by atoms with van der Waals surface area (Å²) in [5, 5.41) is 0. The zero-order chi connectivity index (χ0) is 11.9. The first-order chi connectivity index (χ1) is 7.35. The molecule has 0 radical (unpaired) electrons. The lowest BCUT2D eigenvalue weighted by molar-refractivity contribution is 0.402. The van der Waals surface area contributed by atoms with Gasteiger partial charge in [0.2, 0.25) is 5.95 Å². The highest BCUT2D eigenvalue weighted by Crippen LogP contribution is 2.22. The molecular formula is C10H16N6. The molecule has 2 aromatic rings. The molecule has 0 saturated heterocycles. The van der Waals surface area contributed by atoms with Crippen LogP contribution in [0.15, 0.2) is 0 Å². The van der Waals surface area contributed by atoms with E-state index in [9.17, 15) is 0 Å². The Bertz CT molecular complexity index is 522. The third kappa shape index (κ3) is 2.05. The van der Waals surface area contributed by atoms with Crippen LogP contribution in [0, 0.1) is 5.41 Å². The van der Waals surface area contributed by atoms with Gasteiger partial charge in [-0.3, -0.25) is 0 Å². The molecule has 16 heavy (non-hydrogen) atoms. The molecule has 0 fully saturated rings. The number of aromatic nitrogens is 4. The van der Waals surface area contributed by atoms with Crippen LogP contribution in [0.1, 0.15) is 26.6 Å². The summed E-state index contributed by atoms with van der Waals surface area (Å²) in [6.07, 6.45) is 0.822. The number of imidazole rings is 1. The van der Waals surface area contributed by atoms with Crippen molar-refractivity contribution in [1.82, 2.24) is 19.9 Å². The van der Waals surface area contributed by atoms with Gasteiger partial charge in [-0.15, -0.1) is 0 Å². The molecule has 0 aliphatic carbocycles. The molecule has 0 amide bonds. The number of anilines is 2. The fourth-order valence-electron chi connectivity index (χ4n) is 1.57. The van der Waals surface area contributed by atoms with E-state index in [1.165, 1.54) is 0 Å². The fraction of sp³-hybridized carbons (Fsp3) is 0.500. The third-order valence-corrected chi connectivity index (χ3v) is 2.14. The van der Waals surface area contributed by atoms with Gasteiger partial charge in [0.05, 0.1) is 0 Å². The fourth-order valence-corrected chi connectivity index (χ4v) is 1.57. The first kappa shape index (κ1) is 10.7. The monoisotopic (exact) mass is 220 g/mol. The Hall–Kier alpha value is -1.85. The lowest BCUT2D eigenvalue weighted by Gasteiger charge is -2.15. The van der Waals surface area contributed by atoms with Gasteiger partial charge in [0.25, 0.3) is 0 Å².